The van der Waals surface area contributed by atoms with Gasteiger partial charge >= 0.3 is 0 Å². The fraction of sp³-hybridized carbons (Fsp3) is 0.278. The Bertz CT molecular complexity index is 746. The molecule has 0 saturated heterocycles. The van der Waals surface area contributed by atoms with E-state index in [2.05, 4.69) is 43.2 Å². The highest BCUT2D eigenvalue weighted by molar-refractivity contribution is 5.78. The zero-order valence-electron chi connectivity index (χ0n) is 12.5. The topological polar surface area (TPSA) is 27.1 Å². The van der Waals surface area contributed by atoms with Crippen molar-refractivity contribution >= 4 is 10.9 Å². The highest BCUT2D eigenvalue weighted by Crippen LogP contribution is 2.19. The number of ether oxygens (including phenoxy) is 1. The molecule has 0 aliphatic heterocycles. The fourth-order valence-electron chi connectivity index (χ4n) is 2.56. The summed E-state index contributed by atoms with van der Waals surface area (Å²) in [6.07, 6.45) is 2.86. The van der Waals surface area contributed by atoms with Crippen LogP contribution in [0.4, 0.5) is 0 Å². The van der Waals surface area contributed by atoms with Crippen molar-refractivity contribution in [2.24, 2.45) is 0 Å². The van der Waals surface area contributed by atoms with Crippen LogP contribution in [-0.2, 0) is 6.54 Å². The van der Waals surface area contributed by atoms with E-state index in [1.54, 1.807) is 0 Å². The second kappa shape index (κ2) is 6.00. The van der Waals surface area contributed by atoms with Gasteiger partial charge in [0.2, 0.25) is 0 Å². The normalized spacial score (nSPS) is 11.0. The quantitative estimate of drug-likeness (QED) is 0.657. The lowest BCUT2D eigenvalue weighted by Crippen LogP contribution is -2.06. The zero-order valence-corrected chi connectivity index (χ0v) is 12.5. The van der Waals surface area contributed by atoms with Crippen molar-refractivity contribution in [3.8, 4) is 5.75 Å². The molecule has 0 N–H and O–H groups in total. The third kappa shape index (κ3) is 3.07. The number of fused-ring (bicyclic) bond motifs is 1. The summed E-state index contributed by atoms with van der Waals surface area (Å²) in [6, 6.07) is 14.6. The molecule has 2 aromatic carbocycles. The van der Waals surface area contributed by atoms with E-state index in [0.717, 1.165) is 18.7 Å². The van der Waals surface area contributed by atoms with E-state index in [1.165, 1.54) is 22.0 Å². The summed E-state index contributed by atoms with van der Waals surface area (Å²) in [4.78, 5) is 0. The maximum atomic E-state index is 5.86. The monoisotopic (exact) mass is 280 g/mol. The molecule has 0 unspecified atom stereocenters. The predicted octanol–water partition coefficient (Wildman–Crippen LogP) is 4.12. The van der Waals surface area contributed by atoms with Crippen LogP contribution in [0.3, 0.4) is 0 Å². The van der Waals surface area contributed by atoms with Gasteiger partial charge in [0, 0.05) is 18.4 Å². The third-order valence-electron chi connectivity index (χ3n) is 3.65. The van der Waals surface area contributed by atoms with E-state index in [9.17, 15) is 0 Å². The minimum atomic E-state index is 0.706. The van der Waals surface area contributed by atoms with Crippen LogP contribution in [0.15, 0.2) is 48.7 Å². The molecule has 0 atom stereocenters. The van der Waals surface area contributed by atoms with E-state index in [4.69, 9.17) is 4.74 Å². The minimum absolute atomic E-state index is 0.706. The van der Waals surface area contributed by atoms with E-state index in [1.807, 2.05) is 29.1 Å². The average Bonchev–Trinajstić information content (AvgIpc) is 2.89. The lowest BCUT2D eigenvalue weighted by Gasteiger charge is -2.10. The van der Waals surface area contributed by atoms with Crippen molar-refractivity contribution in [1.29, 1.82) is 0 Å². The van der Waals surface area contributed by atoms with Crippen molar-refractivity contribution in [3.05, 3.63) is 59.8 Å². The van der Waals surface area contributed by atoms with E-state index in [-0.39, 0.29) is 0 Å². The van der Waals surface area contributed by atoms with Gasteiger partial charge in [-0.05, 0) is 31.5 Å². The SMILES string of the molecule is Cc1ccc(OCCCn2ncc3ccccc32)c(C)c1. The third-order valence-corrected chi connectivity index (χ3v) is 3.65. The Kier molecular flexibility index (Phi) is 3.91. The molecular formula is C18H20N2O. The molecular weight excluding hydrogens is 260 g/mol. The van der Waals surface area contributed by atoms with Gasteiger partial charge in [-0.3, -0.25) is 4.68 Å². The Hall–Kier alpha value is -2.29. The van der Waals surface area contributed by atoms with Gasteiger partial charge in [0.15, 0.2) is 0 Å². The number of hydrogen-bond acceptors (Lipinski definition) is 2. The van der Waals surface area contributed by atoms with Crippen molar-refractivity contribution < 1.29 is 4.74 Å². The van der Waals surface area contributed by atoms with Crippen LogP contribution in [0.25, 0.3) is 10.9 Å². The first-order valence-corrected chi connectivity index (χ1v) is 7.34. The number of hydrogen-bond donors (Lipinski definition) is 0. The first-order chi connectivity index (χ1) is 10.2. The first kappa shape index (κ1) is 13.7. The molecule has 21 heavy (non-hydrogen) atoms. The second-order valence-electron chi connectivity index (χ2n) is 5.40. The molecule has 3 aromatic rings. The Labute approximate surface area is 125 Å². The molecule has 0 amide bonds. The van der Waals surface area contributed by atoms with Crippen LogP contribution in [0.5, 0.6) is 5.75 Å². The predicted molar refractivity (Wildman–Crippen MR) is 85.8 cm³/mol. The Balaban J connectivity index is 1.57. The van der Waals surface area contributed by atoms with Crippen LogP contribution in [0, 0.1) is 13.8 Å². The fourth-order valence-corrected chi connectivity index (χ4v) is 2.56. The molecule has 1 heterocycles. The van der Waals surface area contributed by atoms with Gasteiger partial charge in [0.1, 0.15) is 5.75 Å². The summed E-state index contributed by atoms with van der Waals surface area (Å²) in [5.74, 6) is 0.978. The Morgan fingerprint density at radius 2 is 1.95 bits per heavy atom. The summed E-state index contributed by atoms with van der Waals surface area (Å²) in [5.41, 5.74) is 3.64. The van der Waals surface area contributed by atoms with E-state index >= 15 is 0 Å². The Morgan fingerprint density at radius 1 is 1.10 bits per heavy atom. The number of aromatic nitrogens is 2. The molecule has 0 aliphatic rings. The lowest BCUT2D eigenvalue weighted by atomic mass is 10.1. The molecule has 0 radical (unpaired) electrons. The summed E-state index contributed by atoms with van der Waals surface area (Å²) < 4.78 is 7.90. The number of nitrogens with zero attached hydrogens (tertiary/aromatic N) is 2. The summed E-state index contributed by atoms with van der Waals surface area (Å²) in [6.45, 7) is 5.76. The molecule has 0 saturated carbocycles. The molecule has 3 heteroatoms. The van der Waals surface area contributed by atoms with Crippen LogP contribution in [0.1, 0.15) is 17.5 Å². The molecule has 0 aliphatic carbocycles. The summed E-state index contributed by atoms with van der Waals surface area (Å²) in [7, 11) is 0. The van der Waals surface area contributed by atoms with Gasteiger partial charge in [-0.25, -0.2) is 0 Å². The highest BCUT2D eigenvalue weighted by atomic mass is 16.5. The summed E-state index contributed by atoms with van der Waals surface area (Å²) >= 11 is 0. The van der Waals surface area contributed by atoms with Gasteiger partial charge in [-0.2, -0.15) is 5.10 Å². The molecule has 0 bridgehead atoms. The zero-order chi connectivity index (χ0) is 14.7. The first-order valence-electron chi connectivity index (χ1n) is 7.34. The average molecular weight is 280 g/mol. The standard InChI is InChI=1S/C18H20N2O/c1-14-8-9-18(15(2)12-14)21-11-5-10-20-17-7-4-3-6-16(17)13-19-20/h3-4,6-9,12-13H,5,10-11H2,1-2H3. The van der Waals surface area contributed by atoms with Crippen LogP contribution in [-0.4, -0.2) is 16.4 Å². The minimum Gasteiger partial charge on any atom is -0.493 e. The molecule has 1 aromatic heterocycles. The van der Waals surface area contributed by atoms with Gasteiger partial charge in [-0.1, -0.05) is 35.9 Å². The lowest BCUT2D eigenvalue weighted by molar-refractivity contribution is 0.298. The maximum absolute atomic E-state index is 5.86. The number of aryl methyl sites for hydroxylation is 3. The Morgan fingerprint density at radius 3 is 2.81 bits per heavy atom. The second-order valence-corrected chi connectivity index (χ2v) is 5.40. The largest absolute Gasteiger partial charge is 0.493 e. The molecule has 108 valence electrons. The molecule has 3 nitrogen and oxygen atoms in total. The van der Waals surface area contributed by atoms with Crippen LogP contribution >= 0.6 is 0 Å². The smallest absolute Gasteiger partial charge is 0.122 e. The van der Waals surface area contributed by atoms with Crippen LogP contribution in [0.2, 0.25) is 0 Å². The van der Waals surface area contributed by atoms with Crippen molar-refractivity contribution in [1.82, 2.24) is 9.78 Å². The van der Waals surface area contributed by atoms with Crippen molar-refractivity contribution in [3.63, 3.8) is 0 Å². The van der Waals surface area contributed by atoms with Crippen molar-refractivity contribution in [2.75, 3.05) is 6.61 Å². The number of rotatable bonds is 5. The molecule has 3 rings (SSSR count). The van der Waals surface area contributed by atoms with E-state index < -0.39 is 0 Å². The molecule has 0 fully saturated rings. The molecule has 0 spiro atoms. The van der Waals surface area contributed by atoms with E-state index in [0.29, 0.717) is 6.61 Å². The number of benzene rings is 2. The van der Waals surface area contributed by atoms with Crippen LogP contribution < -0.4 is 4.74 Å². The van der Waals surface area contributed by atoms with Gasteiger partial charge in [0.25, 0.3) is 0 Å². The van der Waals surface area contributed by atoms with Crippen molar-refractivity contribution in [2.45, 2.75) is 26.8 Å². The highest BCUT2D eigenvalue weighted by Gasteiger charge is 2.02. The maximum Gasteiger partial charge on any atom is 0.122 e. The summed E-state index contributed by atoms with van der Waals surface area (Å²) in [5, 5.41) is 5.62. The van der Waals surface area contributed by atoms with Gasteiger partial charge < -0.3 is 4.74 Å². The van der Waals surface area contributed by atoms with Gasteiger partial charge in [-0.15, -0.1) is 0 Å². The van der Waals surface area contributed by atoms with Gasteiger partial charge in [0.05, 0.1) is 18.3 Å². The number of para-hydroxylation sites is 1.